The van der Waals surface area contributed by atoms with Crippen molar-refractivity contribution in [3.8, 4) is 0 Å². The first-order chi connectivity index (χ1) is 7.95. The van der Waals surface area contributed by atoms with Crippen LogP contribution in [-0.2, 0) is 4.79 Å². The van der Waals surface area contributed by atoms with Crippen LogP contribution in [-0.4, -0.2) is 28.9 Å². The number of nitrogens with zero attached hydrogens (tertiary/aromatic N) is 3. The van der Waals surface area contributed by atoms with Crippen molar-refractivity contribution in [3.05, 3.63) is 22.2 Å². The number of nitro groups is 1. The summed E-state index contributed by atoms with van der Waals surface area (Å²) >= 11 is 0. The highest BCUT2D eigenvalue weighted by Crippen LogP contribution is 2.26. The van der Waals surface area contributed by atoms with Crippen LogP contribution in [0.4, 0.5) is 17.3 Å². The summed E-state index contributed by atoms with van der Waals surface area (Å²) < 4.78 is 0. The van der Waals surface area contributed by atoms with Crippen LogP contribution in [0.2, 0.25) is 0 Å². The second-order valence-corrected chi connectivity index (χ2v) is 3.32. The largest absolute Gasteiger partial charge is 0.384 e. The molecule has 0 fully saturated rings. The number of likely N-dealkylation sites (N-methyl/N-ethyl adjacent to an activating group) is 1. The van der Waals surface area contributed by atoms with Crippen LogP contribution in [0.15, 0.2) is 12.1 Å². The number of anilines is 2. The fourth-order valence-electron chi connectivity index (χ4n) is 1.36. The van der Waals surface area contributed by atoms with Gasteiger partial charge in [-0.15, -0.1) is 0 Å². The summed E-state index contributed by atoms with van der Waals surface area (Å²) in [5.74, 6) is -0.393. The predicted molar refractivity (Wildman–Crippen MR) is 62.4 cm³/mol. The fourth-order valence-corrected chi connectivity index (χ4v) is 1.36. The number of primary amides is 1. The van der Waals surface area contributed by atoms with E-state index in [1.807, 2.05) is 0 Å². The van der Waals surface area contributed by atoms with Gasteiger partial charge in [0.25, 0.3) is 0 Å². The average Bonchev–Trinajstić information content (AvgIpc) is 2.25. The number of nitrogen functional groups attached to an aromatic ring is 1. The highest BCUT2D eigenvalue weighted by molar-refractivity contribution is 5.80. The molecule has 1 amide bonds. The van der Waals surface area contributed by atoms with E-state index < -0.39 is 10.8 Å². The number of carbonyl (C=O) groups is 1. The SMILES string of the molecule is CCN(CC(N)=O)c1nc(N)ccc1[N+](=O)[O-]. The molecule has 0 unspecified atom stereocenters. The Hall–Kier alpha value is -2.38. The van der Waals surface area contributed by atoms with Crippen LogP contribution in [0.3, 0.4) is 0 Å². The summed E-state index contributed by atoms with van der Waals surface area (Å²) in [5.41, 5.74) is 10.3. The van der Waals surface area contributed by atoms with Crippen LogP contribution in [0.5, 0.6) is 0 Å². The molecule has 0 aliphatic heterocycles. The minimum atomic E-state index is -0.592. The molecule has 1 heterocycles. The maximum atomic E-state index is 10.9. The highest BCUT2D eigenvalue weighted by atomic mass is 16.6. The summed E-state index contributed by atoms with van der Waals surface area (Å²) in [6, 6.07) is 2.58. The fraction of sp³-hybridized carbons (Fsp3) is 0.333. The van der Waals surface area contributed by atoms with Gasteiger partial charge in [0.2, 0.25) is 11.7 Å². The lowest BCUT2D eigenvalue weighted by Gasteiger charge is -2.19. The van der Waals surface area contributed by atoms with Crippen molar-refractivity contribution in [2.75, 3.05) is 23.7 Å². The van der Waals surface area contributed by atoms with Crippen molar-refractivity contribution in [2.24, 2.45) is 5.73 Å². The molecule has 0 aliphatic rings. The van der Waals surface area contributed by atoms with E-state index in [1.54, 1.807) is 6.92 Å². The van der Waals surface area contributed by atoms with E-state index in [2.05, 4.69) is 4.98 Å². The van der Waals surface area contributed by atoms with Gasteiger partial charge < -0.3 is 16.4 Å². The van der Waals surface area contributed by atoms with E-state index >= 15 is 0 Å². The van der Waals surface area contributed by atoms with Crippen molar-refractivity contribution < 1.29 is 9.72 Å². The lowest BCUT2D eigenvalue weighted by Crippen LogP contribution is -2.34. The summed E-state index contributed by atoms with van der Waals surface area (Å²) in [6.45, 7) is 1.95. The van der Waals surface area contributed by atoms with Gasteiger partial charge in [-0.05, 0) is 13.0 Å². The maximum Gasteiger partial charge on any atom is 0.311 e. The molecule has 0 saturated carbocycles. The molecule has 92 valence electrons. The highest BCUT2D eigenvalue weighted by Gasteiger charge is 2.21. The van der Waals surface area contributed by atoms with Gasteiger partial charge in [-0.3, -0.25) is 14.9 Å². The average molecular weight is 239 g/mol. The zero-order valence-corrected chi connectivity index (χ0v) is 9.29. The van der Waals surface area contributed by atoms with Gasteiger partial charge in [-0.25, -0.2) is 4.98 Å². The molecule has 0 spiro atoms. The third-order valence-electron chi connectivity index (χ3n) is 2.10. The summed E-state index contributed by atoms with van der Waals surface area (Å²) in [5, 5.41) is 10.8. The Kier molecular flexibility index (Phi) is 3.81. The van der Waals surface area contributed by atoms with Crippen LogP contribution in [0.25, 0.3) is 0 Å². The zero-order chi connectivity index (χ0) is 13.0. The molecule has 17 heavy (non-hydrogen) atoms. The van der Waals surface area contributed by atoms with Gasteiger partial charge in [0.15, 0.2) is 0 Å². The lowest BCUT2D eigenvalue weighted by atomic mass is 10.3. The van der Waals surface area contributed by atoms with E-state index in [0.29, 0.717) is 6.54 Å². The molecule has 4 N–H and O–H groups in total. The lowest BCUT2D eigenvalue weighted by molar-refractivity contribution is -0.384. The van der Waals surface area contributed by atoms with Gasteiger partial charge in [-0.1, -0.05) is 0 Å². The molecular formula is C9H13N5O3. The Morgan fingerprint density at radius 2 is 2.24 bits per heavy atom. The molecule has 1 rings (SSSR count). The number of carbonyl (C=O) groups excluding carboxylic acids is 1. The maximum absolute atomic E-state index is 10.9. The number of aromatic nitrogens is 1. The van der Waals surface area contributed by atoms with Crippen LogP contribution >= 0.6 is 0 Å². The minimum Gasteiger partial charge on any atom is -0.384 e. The summed E-state index contributed by atoms with van der Waals surface area (Å²) in [4.78, 5) is 26.4. The summed E-state index contributed by atoms with van der Waals surface area (Å²) in [7, 11) is 0. The second-order valence-electron chi connectivity index (χ2n) is 3.32. The minimum absolute atomic E-state index is 0.0521. The quantitative estimate of drug-likeness (QED) is 0.544. The van der Waals surface area contributed by atoms with Crippen molar-refractivity contribution in [1.29, 1.82) is 0 Å². The zero-order valence-electron chi connectivity index (χ0n) is 9.29. The molecule has 0 aliphatic carbocycles. The molecule has 1 aromatic heterocycles. The van der Waals surface area contributed by atoms with E-state index in [1.165, 1.54) is 17.0 Å². The van der Waals surface area contributed by atoms with Crippen molar-refractivity contribution in [2.45, 2.75) is 6.92 Å². The standard InChI is InChI=1S/C9H13N5O3/c1-2-13(5-8(11)15)9-6(14(16)17)3-4-7(10)12-9/h3-4H,2,5H2,1H3,(H2,10,12)(H2,11,15). The third kappa shape index (κ3) is 3.03. The monoisotopic (exact) mass is 239 g/mol. The molecule has 8 heteroatoms. The topological polar surface area (TPSA) is 128 Å². The van der Waals surface area contributed by atoms with Crippen LogP contribution in [0, 0.1) is 10.1 Å². The van der Waals surface area contributed by atoms with Crippen molar-refractivity contribution in [3.63, 3.8) is 0 Å². The van der Waals surface area contributed by atoms with E-state index in [4.69, 9.17) is 11.5 Å². The molecule has 0 bridgehead atoms. The smallest absolute Gasteiger partial charge is 0.311 e. The number of hydrogen-bond donors (Lipinski definition) is 2. The van der Waals surface area contributed by atoms with Crippen molar-refractivity contribution >= 4 is 23.2 Å². The van der Waals surface area contributed by atoms with Gasteiger partial charge in [0.05, 0.1) is 11.5 Å². The number of amides is 1. The van der Waals surface area contributed by atoms with E-state index in [9.17, 15) is 14.9 Å². The summed E-state index contributed by atoms with van der Waals surface area (Å²) in [6.07, 6.45) is 0. The Morgan fingerprint density at radius 1 is 1.59 bits per heavy atom. The molecule has 8 nitrogen and oxygen atoms in total. The molecule has 0 atom stereocenters. The van der Waals surface area contributed by atoms with Gasteiger partial charge in [0, 0.05) is 12.6 Å². The van der Waals surface area contributed by atoms with Crippen molar-refractivity contribution in [1.82, 2.24) is 4.98 Å². The molecule has 1 aromatic rings. The van der Waals surface area contributed by atoms with E-state index in [-0.39, 0.29) is 23.9 Å². The van der Waals surface area contributed by atoms with Gasteiger partial charge in [-0.2, -0.15) is 0 Å². The van der Waals surface area contributed by atoms with Crippen LogP contribution in [0.1, 0.15) is 6.92 Å². The number of pyridine rings is 1. The molecular weight excluding hydrogens is 226 g/mol. The Bertz CT molecular complexity index is 448. The van der Waals surface area contributed by atoms with Gasteiger partial charge >= 0.3 is 5.69 Å². The number of nitrogens with two attached hydrogens (primary N) is 2. The third-order valence-corrected chi connectivity index (χ3v) is 2.10. The van der Waals surface area contributed by atoms with E-state index in [0.717, 1.165) is 0 Å². The molecule has 0 saturated heterocycles. The molecule has 0 aromatic carbocycles. The first-order valence-electron chi connectivity index (χ1n) is 4.89. The normalized spacial score (nSPS) is 9.94. The number of hydrogen-bond acceptors (Lipinski definition) is 6. The Balaban J connectivity index is 3.20. The molecule has 0 radical (unpaired) electrons. The van der Waals surface area contributed by atoms with Crippen LogP contribution < -0.4 is 16.4 Å². The van der Waals surface area contributed by atoms with Gasteiger partial charge in [0.1, 0.15) is 5.82 Å². The number of rotatable bonds is 5. The first kappa shape index (κ1) is 12.7. The first-order valence-corrected chi connectivity index (χ1v) is 4.89. The Labute approximate surface area is 97.4 Å². The Morgan fingerprint density at radius 3 is 2.71 bits per heavy atom. The predicted octanol–water partition coefficient (Wildman–Crippen LogP) is -0.116. The second kappa shape index (κ2) is 5.10.